The van der Waals surface area contributed by atoms with Crippen LogP contribution in [0.4, 0.5) is 19.3 Å². The summed E-state index contributed by atoms with van der Waals surface area (Å²) in [7, 11) is 0. The molecule has 41 heavy (non-hydrogen) atoms. The number of carboxylic acid groups (broad SMARTS) is 1. The lowest BCUT2D eigenvalue weighted by Crippen LogP contribution is -2.55. The third-order valence-corrected chi connectivity index (χ3v) is 7.81. The van der Waals surface area contributed by atoms with E-state index in [1.807, 2.05) is 13.0 Å². The molecule has 0 bridgehead atoms. The van der Waals surface area contributed by atoms with Gasteiger partial charge in [-0.3, -0.25) is 9.69 Å². The third-order valence-electron chi connectivity index (χ3n) is 7.81. The van der Waals surface area contributed by atoms with E-state index < -0.39 is 47.1 Å². The van der Waals surface area contributed by atoms with Crippen LogP contribution in [0.3, 0.4) is 0 Å². The van der Waals surface area contributed by atoms with Gasteiger partial charge in [0.15, 0.2) is 5.78 Å². The summed E-state index contributed by atoms with van der Waals surface area (Å²) in [4.78, 5) is 43.0. The van der Waals surface area contributed by atoms with Crippen LogP contribution in [0.5, 0.6) is 0 Å². The molecule has 1 aliphatic rings. The van der Waals surface area contributed by atoms with Gasteiger partial charge in [-0.1, -0.05) is 66.2 Å². The second-order valence-electron chi connectivity index (χ2n) is 10.4. The van der Waals surface area contributed by atoms with Gasteiger partial charge in [-0.05, 0) is 67.4 Å². The molecule has 1 saturated heterocycles. The fourth-order valence-electron chi connectivity index (χ4n) is 5.91. The molecule has 0 radical (unpaired) electrons. The second-order valence-corrected chi connectivity index (χ2v) is 10.4. The first-order valence-corrected chi connectivity index (χ1v) is 13.1. The van der Waals surface area contributed by atoms with E-state index in [9.17, 15) is 28.3 Å². The maximum Gasteiger partial charge on any atom is 0.330 e. The van der Waals surface area contributed by atoms with Crippen LogP contribution in [0, 0.1) is 24.5 Å². The number of hydrogen-bond acceptors (Lipinski definition) is 3. The molecule has 4 unspecified atom stereocenters. The van der Waals surface area contributed by atoms with Crippen LogP contribution in [0.1, 0.15) is 45.9 Å². The molecule has 208 valence electrons. The highest BCUT2D eigenvalue weighted by atomic mass is 19.1. The van der Waals surface area contributed by atoms with Crippen LogP contribution >= 0.6 is 0 Å². The lowest BCUT2D eigenvalue weighted by atomic mass is 9.71. The van der Waals surface area contributed by atoms with Gasteiger partial charge in [0, 0.05) is 17.2 Å². The minimum atomic E-state index is -1.97. The number of aliphatic carboxylic acids is 1. The Morgan fingerprint density at radius 1 is 0.805 bits per heavy atom. The number of ketones is 1. The number of nitrogens with zero attached hydrogens (tertiary/aromatic N) is 1. The first kappa shape index (κ1) is 27.7. The molecule has 1 fully saturated rings. The van der Waals surface area contributed by atoms with Gasteiger partial charge in [0.25, 0.3) is 0 Å². The quantitative estimate of drug-likeness (QED) is 0.252. The van der Waals surface area contributed by atoms with Gasteiger partial charge in [0.05, 0.1) is 12.0 Å². The van der Waals surface area contributed by atoms with Gasteiger partial charge in [-0.15, -0.1) is 0 Å². The number of halogens is 2. The van der Waals surface area contributed by atoms with Crippen LogP contribution in [0.2, 0.25) is 0 Å². The fraction of sp³-hybridized carbons (Fsp3) is 0.182. The van der Waals surface area contributed by atoms with Crippen molar-refractivity contribution < 1.29 is 28.3 Å². The number of carboxylic acids is 1. The van der Waals surface area contributed by atoms with Crippen molar-refractivity contribution in [3.63, 3.8) is 0 Å². The minimum absolute atomic E-state index is 0.340. The van der Waals surface area contributed by atoms with E-state index in [0.717, 1.165) is 5.56 Å². The Balaban J connectivity index is 1.78. The van der Waals surface area contributed by atoms with Crippen molar-refractivity contribution in [1.29, 1.82) is 0 Å². The highest BCUT2D eigenvalue weighted by Gasteiger charge is 2.65. The summed E-state index contributed by atoms with van der Waals surface area (Å²) in [5.41, 5.74) is 0.384. The van der Waals surface area contributed by atoms with Crippen LogP contribution < -0.4 is 5.32 Å². The predicted octanol–water partition coefficient (Wildman–Crippen LogP) is 6.99. The zero-order valence-electron chi connectivity index (χ0n) is 22.4. The Hall–Kier alpha value is -4.85. The Bertz CT molecular complexity index is 1590. The highest BCUT2D eigenvalue weighted by Crippen LogP contribution is 2.56. The van der Waals surface area contributed by atoms with Crippen molar-refractivity contribution in [2.75, 3.05) is 5.32 Å². The highest BCUT2D eigenvalue weighted by molar-refractivity contribution is 6.03. The number of rotatable bonds is 6. The summed E-state index contributed by atoms with van der Waals surface area (Å²) in [6.07, 6.45) is 0. The van der Waals surface area contributed by atoms with Gasteiger partial charge >= 0.3 is 12.0 Å². The molecule has 0 spiro atoms. The number of carbonyl (C=O) groups excluding carboxylic acids is 2. The van der Waals surface area contributed by atoms with Crippen LogP contribution in [-0.4, -0.2) is 33.3 Å². The molecule has 8 heteroatoms. The zero-order valence-corrected chi connectivity index (χ0v) is 22.4. The van der Waals surface area contributed by atoms with Gasteiger partial charge in [0.1, 0.15) is 17.2 Å². The van der Waals surface area contributed by atoms with E-state index in [0.29, 0.717) is 22.4 Å². The Morgan fingerprint density at radius 2 is 1.39 bits per heavy atom. The maximum absolute atomic E-state index is 14.4. The summed E-state index contributed by atoms with van der Waals surface area (Å²) in [5.74, 6) is -4.99. The number of Topliss-reactive ketones (excluding diaryl/α,β-unsaturated/α-hetero) is 1. The number of carbonyl (C=O) groups is 3. The molecule has 2 N–H and O–H groups in total. The molecular formula is C33H28F2N2O4. The van der Waals surface area contributed by atoms with Crippen LogP contribution in [0.15, 0.2) is 103 Å². The Morgan fingerprint density at radius 3 is 1.95 bits per heavy atom. The first-order valence-electron chi connectivity index (χ1n) is 13.1. The van der Waals surface area contributed by atoms with Crippen molar-refractivity contribution in [2.24, 2.45) is 5.92 Å². The monoisotopic (exact) mass is 554 g/mol. The molecule has 0 saturated carbocycles. The molecule has 0 aliphatic carbocycles. The molecule has 4 aromatic rings. The molecule has 1 aliphatic heterocycles. The number of hydrogen-bond donors (Lipinski definition) is 2. The number of aryl methyl sites for hydroxylation is 1. The van der Waals surface area contributed by atoms with E-state index in [4.69, 9.17) is 0 Å². The van der Waals surface area contributed by atoms with Crippen molar-refractivity contribution in [3.05, 3.63) is 137 Å². The first-order chi connectivity index (χ1) is 19.6. The topological polar surface area (TPSA) is 86.7 Å². The summed E-state index contributed by atoms with van der Waals surface area (Å²) >= 11 is 0. The number of para-hydroxylation sites is 1. The van der Waals surface area contributed by atoms with Crippen molar-refractivity contribution >= 4 is 23.5 Å². The van der Waals surface area contributed by atoms with E-state index >= 15 is 0 Å². The molecule has 0 aromatic heterocycles. The summed E-state index contributed by atoms with van der Waals surface area (Å²) in [6, 6.07) is 24.2. The van der Waals surface area contributed by atoms with Crippen molar-refractivity contribution in [3.8, 4) is 0 Å². The fourth-order valence-corrected chi connectivity index (χ4v) is 5.91. The normalized spacial score (nSPS) is 21.9. The summed E-state index contributed by atoms with van der Waals surface area (Å²) < 4.78 is 28.1. The molecule has 4 atom stereocenters. The average molecular weight is 555 g/mol. The Labute approximate surface area is 236 Å². The van der Waals surface area contributed by atoms with Gasteiger partial charge in [-0.25, -0.2) is 18.4 Å². The molecular weight excluding hydrogens is 526 g/mol. The van der Waals surface area contributed by atoms with Crippen LogP contribution in [0.25, 0.3) is 0 Å². The number of urea groups is 1. The van der Waals surface area contributed by atoms with Gasteiger partial charge < -0.3 is 10.4 Å². The predicted molar refractivity (Wildman–Crippen MR) is 151 cm³/mol. The smallest absolute Gasteiger partial charge is 0.330 e. The Kier molecular flexibility index (Phi) is 7.41. The lowest BCUT2D eigenvalue weighted by Gasteiger charge is -2.37. The molecule has 2 amide bonds. The standard InChI is InChI=1S/C33H28F2N2O4/c1-20-7-6-8-23(19-20)30(38)27-28(21-11-15-24(34)16-12-21)33(2,31(39)40)37(29(27)22-13-17-25(35)18-14-22)32(41)36-26-9-4-3-5-10-26/h3-19,27-29H,1-2H3,(H,36,41)(H,39,40). The van der Waals surface area contributed by atoms with Crippen molar-refractivity contribution in [2.45, 2.75) is 31.3 Å². The van der Waals surface area contributed by atoms with E-state index in [1.54, 1.807) is 48.5 Å². The summed E-state index contributed by atoms with van der Waals surface area (Å²) in [5, 5.41) is 13.6. The molecule has 1 heterocycles. The average Bonchev–Trinajstić information content (AvgIpc) is 3.24. The zero-order chi connectivity index (χ0) is 29.3. The van der Waals surface area contributed by atoms with Gasteiger partial charge in [-0.2, -0.15) is 0 Å². The second kappa shape index (κ2) is 11.0. The van der Waals surface area contributed by atoms with E-state index in [2.05, 4.69) is 5.32 Å². The number of amides is 2. The SMILES string of the molecule is Cc1cccc(C(=O)C2C(c3ccc(F)cc3)N(C(=O)Nc3ccccc3)C(C)(C(=O)O)C2c2ccc(F)cc2)c1. The number of anilines is 1. The largest absolute Gasteiger partial charge is 0.479 e. The lowest BCUT2D eigenvalue weighted by molar-refractivity contribution is -0.148. The third kappa shape index (κ3) is 5.09. The number of likely N-dealkylation sites (tertiary alicyclic amines) is 1. The number of nitrogens with one attached hydrogen (secondary N) is 1. The van der Waals surface area contributed by atoms with E-state index in [1.165, 1.54) is 60.4 Å². The van der Waals surface area contributed by atoms with E-state index in [-0.39, 0.29) is 5.78 Å². The molecule has 6 nitrogen and oxygen atoms in total. The minimum Gasteiger partial charge on any atom is -0.479 e. The number of benzene rings is 4. The maximum atomic E-state index is 14.4. The van der Waals surface area contributed by atoms with Crippen LogP contribution in [-0.2, 0) is 4.79 Å². The van der Waals surface area contributed by atoms with Crippen molar-refractivity contribution in [1.82, 2.24) is 4.90 Å². The summed E-state index contributed by atoms with van der Waals surface area (Å²) in [6.45, 7) is 3.23. The molecule has 4 aromatic carbocycles. The molecule has 5 rings (SSSR count). The van der Waals surface area contributed by atoms with Gasteiger partial charge in [0.2, 0.25) is 0 Å².